The summed E-state index contributed by atoms with van der Waals surface area (Å²) in [5.41, 5.74) is 2.62. The smallest absolute Gasteiger partial charge is 0.0471 e. The van der Waals surface area contributed by atoms with Crippen molar-refractivity contribution in [3.8, 4) is 0 Å². The minimum atomic E-state index is 0.130. The predicted octanol–water partition coefficient (Wildman–Crippen LogP) is 3.05. The van der Waals surface area contributed by atoms with Gasteiger partial charge in [0.2, 0.25) is 0 Å². The Morgan fingerprint density at radius 1 is 1.31 bits per heavy atom. The fraction of sp³-hybridized carbons (Fsp3) is 0.538. The molecule has 1 aliphatic heterocycles. The van der Waals surface area contributed by atoms with Crippen molar-refractivity contribution in [2.45, 2.75) is 32.9 Å². The Morgan fingerprint density at radius 3 is 2.75 bits per heavy atom. The molecule has 0 radical (unpaired) electrons. The highest BCUT2D eigenvalue weighted by molar-refractivity contribution is 6.31. The van der Waals surface area contributed by atoms with Crippen molar-refractivity contribution in [2.24, 2.45) is 0 Å². The van der Waals surface area contributed by atoms with Crippen molar-refractivity contribution in [1.82, 2.24) is 5.32 Å². The van der Waals surface area contributed by atoms with Crippen LogP contribution in [0.4, 0.5) is 5.69 Å². The van der Waals surface area contributed by atoms with Crippen LogP contribution in [0.5, 0.6) is 0 Å². The maximum Gasteiger partial charge on any atom is 0.0471 e. The average molecular weight is 239 g/mol. The van der Waals surface area contributed by atoms with Crippen LogP contribution in [0.2, 0.25) is 5.02 Å². The van der Waals surface area contributed by atoms with Crippen LogP contribution >= 0.6 is 11.6 Å². The first-order valence-electron chi connectivity index (χ1n) is 5.76. The van der Waals surface area contributed by atoms with Crippen LogP contribution in [-0.4, -0.2) is 18.6 Å². The summed E-state index contributed by atoms with van der Waals surface area (Å²) in [4.78, 5) is 2.42. The van der Waals surface area contributed by atoms with Gasteiger partial charge in [-0.15, -0.1) is 0 Å². The normalized spacial score (nSPS) is 16.9. The molecule has 0 unspecified atom stereocenters. The highest BCUT2D eigenvalue weighted by atomic mass is 35.5. The van der Waals surface area contributed by atoms with E-state index in [2.05, 4.69) is 37.1 Å². The molecule has 1 aromatic rings. The van der Waals surface area contributed by atoms with Gasteiger partial charge in [0.15, 0.2) is 0 Å². The van der Waals surface area contributed by atoms with E-state index >= 15 is 0 Å². The van der Waals surface area contributed by atoms with E-state index < -0.39 is 0 Å². The molecule has 2 nitrogen and oxygen atoms in total. The molecule has 0 spiro atoms. The summed E-state index contributed by atoms with van der Waals surface area (Å²) in [5.74, 6) is 0. The van der Waals surface area contributed by atoms with Crippen molar-refractivity contribution >= 4 is 17.3 Å². The highest BCUT2D eigenvalue weighted by Gasteiger charge is 2.25. The summed E-state index contributed by atoms with van der Waals surface area (Å²) in [5, 5.41) is 4.28. The molecule has 0 aliphatic carbocycles. The van der Waals surface area contributed by atoms with Gasteiger partial charge in [-0.25, -0.2) is 0 Å². The molecule has 0 fully saturated rings. The lowest BCUT2D eigenvalue weighted by Crippen LogP contribution is -2.43. The Balaban J connectivity index is 2.49. The molecule has 3 heteroatoms. The third-order valence-electron chi connectivity index (χ3n) is 3.01. The second-order valence-electron chi connectivity index (χ2n) is 5.24. The number of nitrogens with zero attached hydrogens (tertiary/aromatic N) is 1. The molecule has 88 valence electrons. The lowest BCUT2D eigenvalue weighted by atomic mass is 10.0. The summed E-state index contributed by atoms with van der Waals surface area (Å²) < 4.78 is 0. The summed E-state index contributed by atoms with van der Waals surface area (Å²) in [6.07, 6.45) is 0. The van der Waals surface area contributed by atoms with E-state index in [9.17, 15) is 0 Å². The third kappa shape index (κ3) is 2.18. The van der Waals surface area contributed by atoms with Gasteiger partial charge in [-0.2, -0.15) is 0 Å². The highest BCUT2D eigenvalue weighted by Crippen LogP contribution is 2.32. The van der Waals surface area contributed by atoms with Gasteiger partial charge < -0.3 is 10.2 Å². The van der Waals surface area contributed by atoms with Gasteiger partial charge in [0.05, 0.1) is 0 Å². The number of nitrogens with one attached hydrogen (secondary N) is 1. The van der Waals surface area contributed by atoms with Crippen molar-refractivity contribution < 1.29 is 0 Å². The maximum absolute atomic E-state index is 6.26. The lowest BCUT2D eigenvalue weighted by Gasteiger charge is -2.37. The Bertz CT molecular complexity index is 382. The van der Waals surface area contributed by atoms with E-state index in [4.69, 9.17) is 11.6 Å². The van der Waals surface area contributed by atoms with Crippen LogP contribution in [0.3, 0.4) is 0 Å². The molecule has 16 heavy (non-hydrogen) atoms. The van der Waals surface area contributed by atoms with Gasteiger partial charge in [-0.05, 0) is 32.9 Å². The number of hydrogen-bond donors (Lipinski definition) is 1. The molecule has 0 atom stereocenters. The van der Waals surface area contributed by atoms with Crippen molar-refractivity contribution in [2.75, 3.05) is 18.0 Å². The van der Waals surface area contributed by atoms with Crippen LogP contribution in [0, 0.1) is 0 Å². The second-order valence-corrected chi connectivity index (χ2v) is 5.64. The first kappa shape index (κ1) is 11.7. The fourth-order valence-corrected chi connectivity index (χ4v) is 2.43. The van der Waals surface area contributed by atoms with E-state index in [0.29, 0.717) is 0 Å². The molecule has 1 aliphatic rings. The standard InChI is InChI=1S/C13H19ClN2/c1-13(2,3)16-8-7-15-9-10-11(14)5-4-6-12(10)16/h4-6,15H,7-9H2,1-3H3. The van der Waals surface area contributed by atoms with Crippen molar-refractivity contribution in [3.05, 3.63) is 28.8 Å². The molecule has 1 N–H and O–H groups in total. The molecular formula is C13H19ClN2. The summed E-state index contributed by atoms with van der Waals surface area (Å²) in [6, 6.07) is 6.17. The van der Waals surface area contributed by atoms with Crippen LogP contribution in [-0.2, 0) is 6.54 Å². The van der Waals surface area contributed by atoms with Crippen LogP contribution in [0.1, 0.15) is 26.3 Å². The van der Waals surface area contributed by atoms with E-state index in [1.54, 1.807) is 0 Å². The van der Waals surface area contributed by atoms with Crippen LogP contribution in [0.25, 0.3) is 0 Å². The summed E-state index contributed by atoms with van der Waals surface area (Å²) in [6.45, 7) is 9.61. The monoisotopic (exact) mass is 238 g/mol. The van der Waals surface area contributed by atoms with E-state index in [0.717, 1.165) is 24.7 Å². The number of benzene rings is 1. The Morgan fingerprint density at radius 2 is 2.06 bits per heavy atom. The van der Waals surface area contributed by atoms with E-state index in [1.807, 2.05) is 12.1 Å². The third-order valence-corrected chi connectivity index (χ3v) is 3.36. The SMILES string of the molecule is CC(C)(C)N1CCNCc2c(Cl)cccc21. The minimum absolute atomic E-state index is 0.130. The van der Waals surface area contributed by atoms with Crippen molar-refractivity contribution in [3.63, 3.8) is 0 Å². The second kappa shape index (κ2) is 4.27. The molecule has 2 rings (SSSR count). The van der Waals surface area contributed by atoms with Crippen molar-refractivity contribution in [1.29, 1.82) is 0 Å². The Labute approximate surface area is 103 Å². The number of fused-ring (bicyclic) bond motifs is 1. The van der Waals surface area contributed by atoms with Gasteiger partial charge >= 0.3 is 0 Å². The molecule has 0 saturated heterocycles. The zero-order valence-electron chi connectivity index (χ0n) is 10.2. The van der Waals surface area contributed by atoms with Gasteiger partial charge in [0, 0.05) is 41.4 Å². The van der Waals surface area contributed by atoms with Gasteiger partial charge in [0.25, 0.3) is 0 Å². The van der Waals surface area contributed by atoms with E-state index in [-0.39, 0.29) is 5.54 Å². The van der Waals surface area contributed by atoms with Gasteiger partial charge in [-0.3, -0.25) is 0 Å². The topological polar surface area (TPSA) is 15.3 Å². The summed E-state index contributed by atoms with van der Waals surface area (Å²) >= 11 is 6.26. The zero-order valence-corrected chi connectivity index (χ0v) is 10.9. The molecule has 1 heterocycles. The maximum atomic E-state index is 6.26. The van der Waals surface area contributed by atoms with E-state index in [1.165, 1.54) is 11.3 Å². The Hall–Kier alpha value is -0.730. The first-order valence-corrected chi connectivity index (χ1v) is 6.14. The Kier molecular flexibility index (Phi) is 3.13. The number of rotatable bonds is 0. The number of halogens is 1. The van der Waals surface area contributed by atoms with Crippen LogP contribution in [0.15, 0.2) is 18.2 Å². The number of hydrogen-bond acceptors (Lipinski definition) is 2. The minimum Gasteiger partial charge on any atom is -0.365 e. The van der Waals surface area contributed by atoms with Gasteiger partial charge in [0.1, 0.15) is 0 Å². The zero-order chi connectivity index (χ0) is 11.8. The molecular weight excluding hydrogens is 220 g/mol. The molecule has 0 bridgehead atoms. The summed E-state index contributed by atoms with van der Waals surface area (Å²) in [7, 11) is 0. The quantitative estimate of drug-likeness (QED) is 0.748. The first-order chi connectivity index (χ1) is 7.50. The fourth-order valence-electron chi connectivity index (χ4n) is 2.20. The molecule has 0 amide bonds. The van der Waals surface area contributed by atoms with Gasteiger partial charge in [-0.1, -0.05) is 17.7 Å². The molecule has 0 saturated carbocycles. The largest absolute Gasteiger partial charge is 0.365 e. The lowest BCUT2D eigenvalue weighted by molar-refractivity contribution is 0.502. The molecule has 1 aromatic carbocycles. The average Bonchev–Trinajstić information content (AvgIpc) is 2.39. The predicted molar refractivity (Wildman–Crippen MR) is 70.3 cm³/mol. The molecule has 0 aromatic heterocycles. The number of anilines is 1. The van der Waals surface area contributed by atoms with Crippen LogP contribution < -0.4 is 10.2 Å².